The van der Waals surface area contributed by atoms with Gasteiger partial charge in [0.05, 0.1) is 18.0 Å². The summed E-state index contributed by atoms with van der Waals surface area (Å²) in [4.78, 5) is 21.7. The molecular weight excluding hydrogens is 366 g/mol. The van der Waals surface area contributed by atoms with Crippen molar-refractivity contribution in [2.24, 2.45) is 0 Å². The molecule has 29 heavy (non-hydrogen) atoms. The summed E-state index contributed by atoms with van der Waals surface area (Å²) in [5, 5.41) is 16.5. The Kier molecular flexibility index (Phi) is 5.79. The van der Waals surface area contributed by atoms with E-state index in [0.29, 0.717) is 5.56 Å². The minimum atomic E-state index is -0.344. The van der Waals surface area contributed by atoms with E-state index in [4.69, 9.17) is 0 Å². The summed E-state index contributed by atoms with van der Waals surface area (Å²) in [6.07, 6.45) is 3.32. The third kappa shape index (κ3) is 4.68. The molecule has 3 rings (SSSR count). The first-order valence-corrected chi connectivity index (χ1v) is 9.60. The average molecular weight is 393 g/mol. The molecule has 2 heterocycles. The first-order valence-electron chi connectivity index (χ1n) is 9.60. The van der Waals surface area contributed by atoms with Crippen molar-refractivity contribution in [2.45, 2.75) is 46.1 Å². The minimum Gasteiger partial charge on any atom is -0.394 e. The van der Waals surface area contributed by atoms with Gasteiger partial charge in [0.2, 0.25) is 0 Å². The molecule has 7 nitrogen and oxygen atoms in total. The summed E-state index contributed by atoms with van der Waals surface area (Å²) in [5.41, 5.74) is 3.61. The Labute approximate surface area is 170 Å². The number of benzene rings is 1. The minimum absolute atomic E-state index is 0.130. The highest BCUT2D eigenvalue weighted by molar-refractivity contribution is 5.96. The number of nitrogens with one attached hydrogen (secondary N) is 1. The van der Waals surface area contributed by atoms with Gasteiger partial charge in [-0.15, -0.1) is 0 Å². The van der Waals surface area contributed by atoms with Gasteiger partial charge >= 0.3 is 0 Å². The number of carbonyl (C=O) groups excluding carboxylic acids is 1. The van der Waals surface area contributed by atoms with E-state index in [1.54, 1.807) is 29.9 Å². The van der Waals surface area contributed by atoms with E-state index in [9.17, 15) is 9.90 Å². The van der Waals surface area contributed by atoms with E-state index < -0.39 is 0 Å². The summed E-state index contributed by atoms with van der Waals surface area (Å²) in [7, 11) is 0. The van der Waals surface area contributed by atoms with E-state index >= 15 is 0 Å². The molecule has 0 aliphatic heterocycles. The van der Waals surface area contributed by atoms with Gasteiger partial charge in [-0.25, -0.2) is 9.67 Å². The van der Waals surface area contributed by atoms with Crippen LogP contribution in [0.15, 0.2) is 42.9 Å². The van der Waals surface area contributed by atoms with Gasteiger partial charge in [-0.3, -0.25) is 9.78 Å². The van der Waals surface area contributed by atoms with Gasteiger partial charge in [0.25, 0.3) is 5.91 Å². The van der Waals surface area contributed by atoms with Gasteiger partial charge in [0, 0.05) is 28.8 Å². The van der Waals surface area contributed by atoms with E-state index in [1.807, 2.05) is 25.1 Å². The lowest BCUT2D eigenvalue weighted by Gasteiger charge is -2.19. The Hall–Kier alpha value is -3.06. The van der Waals surface area contributed by atoms with Crippen LogP contribution < -0.4 is 5.32 Å². The fourth-order valence-corrected chi connectivity index (χ4v) is 2.95. The second kappa shape index (κ2) is 8.13. The van der Waals surface area contributed by atoms with Crippen molar-refractivity contribution in [2.75, 3.05) is 6.61 Å². The first-order chi connectivity index (χ1) is 13.7. The second-order valence-corrected chi connectivity index (χ2v) is 8.29. The van der Waals surface area contributed by atoms with Crippen LogP contribution in [-0.2, 0) is 5.41 Å². The number of carbonyl (C=O) groups is 1. The smallest absolute Gasteiger partial charge is 0.251 e. The molecule has 0 saturated heterocycles. The lowest BCUT2D eigenvalue weighted by Crippen LogP contribution is -2.35. The van der Waals surface area contributed by atoms with Crippen molar-refractivity contribution in [3.8, 4) is 16.9 Å². The molecule has 7 heteroatoms. The van der Waals surface area contributed by atoms with Gasteiger partial charge in [-0.1, -0.05) is 26.8 Å². The third-order valence-corrected chi connectivity index (χ3v) is 4.50. The molecule has 3 aromatic rings. The molecule has 2 aromatic heterocycles. The highest BCUT2D eigenvalue weighted by atomic mass is 16.3. The molecule has 1 unspecified atom stereocenters. The number of hydrogen-bond donors (Lipinski definition) is 2. The lowest BCUT2D eigenvalue weighted by atomic mass is 9.95. The van der Waals surface area contributed by atoms with E-state index in [-0.39, 0.29) is 24.0 Å². The van der Waals surface area contributed by atoms with E-state index in [1.165, 1.54) is 6.33 Å². The quantitative estimate of drug-likeness (QED) is 0.695. The second-order valence-electron chi connectivity index (χ2n) is 8.29. The molecule has 0 saturated carbocycles. The van der Waals surface area contributed by atoms with Crippen LogP contribution in [0.1, 0.15) is 49.4 Å². The van der Waals surface area contributed by atoms with Gasteiger partial charge in [0.1, 0.15) is 12.2 Å². The fraction of sp³-hybridized carbons (Fsp3) is 0.364. The van der Waals surface area contributed by atoms with Crippen LogP contribution in [0.2, 0.25) is 0 Å². The molecule has 0 aliphatic carbocycles. The van der Waals surface area contributed by atoms with Gasteiger partial charge < -0.3 is 10.4 Å². The molecule has 1 amide bonds. The summed E-state index contributed by atoms with van der Waals surface area (Å²) < 4.78 is 1.75. The van der Waals surface area contributed by atoms with Crippen molar-refractivity contribution in [3.05, 3.63) is 59.8 Å². The fourth-order valence-electron chi connectivity index (χ4n) is 2.95. The Balaban J connectivity index is 2.14. The zero-order valence-electron chi connectivity index (χ0n) is 17.5. The standard InChI is InChI=1S/C22H27N5O2/c1-14-6-7-19(23-11-14)16-8-17(20(29)26-15(2)12-28)10-18(9-16)27-21(22(3,4)5)24-13-25-27/h6-11,13,15,28H,12H2,1-5H3,(H,26,29). The summed E-state index contributed by atoms with van der Waals surface area (Å²) in [6.45, 7) is 9.79. The molecule has 0 bridgehead atoms. The Bertz CT molecular complexity index is 1000. The molecule has 2 N–H and O–H groups in total. The molecule has 0 fully saturated rings. The van der Waals surface area contributed by atoms with Crippen LogP contribution in [0, 0.1) is 6.92 Å². The van der Waals surface area contributed by atoms with E-state index in [2.05, 4.69) is 41.2 Å². The topological polar surface area (TPSA) is 92.9 Å². The highest BCUT2D eigenvalue weighted by Crippen LogP contribution is 2.27. The van der Waals surface area contributed by atoms with Gasteiger partial charge in [-0.05, 0) is 43.7 Å². The van der Waals surface area contributed by atoms with Gasteiger partial charge in [-0.2, -0.15) is 5.10 Å². The van der Waals surface area contributed by atoms with Crippen LogP contribution in [-0.4, -0.2) is 43.4 Å². The molecule has 1 atom stereocenters. The zero-order chi connectivity index (χ0) is 21.2. The first kappa shape index (κ1) is 20.7. The predicted octanol–water partition coefficient (Wildman–Crippen LogP) is 3.05. The van der Waals surface area contributed by atoms with Crippen LogP contribution in [0.5, 0.6) is 0 Å². The number of aromatic nitrogens is 4. The molecule has 1 aromatic carbocycles. The number of aliphatic hydroxyl groups excluding tert-OH is 1. The van der Waals surface area contributed by atoms with Crippen LogP contribution >= 0.6 is 0 Å². The number of pyridine rings is 1. The molecular formula is C22H27N5O2. The maximum atomic E-state index is 12.8. The molecule has 152 valence electrons. The van der Waals surface area contributed by atoms with E-state index in [0.717, 1.165) is 28.3 Å². The Morgan fingerprint density at radius 2 is 1.97 bits per heavy atom. The number of nitrogens with zero attached hydrogens (tertiary/aromatic N) is 4. The molecule has 0 spiro atoms. The van der Waals surface area contributed by atoms with Crippen molar-refractivity contribution < 1.29 is 9.90 Å². The van der Waals surface area contributed by atoms with Gasteiger partial charge in [0.15, 0.2) is 0 Å². The SMILES string of the molecule is Cc1ccc(-c2cc(C(=O)NC(C)CO)cc(-n3ncnc3C(C)(C)C)c2)nc1. The van der Waals surface area contributed by atoms with Crippen molar-refractivity contribution in [3.63, 3.8) is 0 Å². The number of amides is 1. The Morgan fingerprint density at radius 1 is 1.21 bits per heavy atom. The Morgan fingerprint density at radius 3 is 2.59 bits per heavy atom. The van der Waals surface area contributed by atoms with Crippen LogP contribution in [0.4, 0.5) is 0 Å². The number of hydrogen-bond acceptors (Lipinski definition) is 5. The predicted molar refractivity (Wildman–Crippen MR) is 112 cm³/mol. The summed E-state index contributed by atoms with van der Waals surface area (Å²) in [5.74, 6) is 0.529. The third-order valence-electron chi connectivity index (χ3n) is 4.50. The number of aryl methyl sites for hydroxylation is 1. The van der Waals surface area contributed by atoms with Crippen molar-refractivity contribution >= 4 is 5.91 Å². The lowest BCUT2D eigenvalue weighted by molar-refractivity contribution is 0.0922. The molecule has 0 aliphatic rings. The highest BCUT2D eigenvalue weighted by Gasteiger charge is 2.23. The number of aliphatic hydroxyl groups is 1. The van der Waals surface area contributed by atoms with Crippen molar-refractivity contribution in [1.82, 2.24) is 25.1 Å². The maximum Gasteiger partial charge on any atom is 0.251 e. The van der Waals surface area contributed by atoms with Crippen LogP contribution in [0.3, 0.4) is 0 Å². The van der Waals surface area contributed by atoms with Crippen molar-refractivity contribution in [1.29, 1.82) is 0 Å². The molecule has 0 radical (unpaired) electrons. The van der Waals surface area contributed by atoms with Crippen LogP contribution in [0.25, 0.3) is 16.9 Å². The zero-order valence-corrected chi connectivity index (χ0v) is 17.5. The summed E-state index contributed by atoms with van der Waals surface area (Å²) >= 11 is 0. The maximum absolute atomic E-state index is 12.8. The average Bonchev–Trinajstić information content (AvgIpc) is 3.18. The largest absolute Gasteiger partial charge is 0.394 e. The summed E-state index contributed by atoms with van der Waals surface area (Å²) in [6, 6.07) is 9.10. The number of rotatable bonds is 5. The normalized spacial score (nSPS) is 12.6. The monoisotopic (exact) mass is 393 g/mol.